The quantitative estimate of drug-likeness (QED) is 0.828. The molecule has 94 valence electrons. The van der Waals surface area contributed by atoms with Gasteiger partial charge in [0, 0.05) is 21.2 Å². The van der Waals surface area contributed by atoms with Gasteiger partial charge in [0.1, 0.15) is 17.5 Å². The first-order valence-corrected chi connectivity index (χ1v) is 6.79. The van der Waals surface area contributed by atoms with Crippen molar-refractivity contribution in [1.82, 2.24) is 9.97 Å². The molecule has 1 heterocycles. The van der Waals surface area contributed by atoms with Crippen molar-refractivity contribution in [3.63, 3.8) is 0 Å². The minimum atomic E-state index is 0.255. The largest absolute Gasteiger partial charge is 0.384 e. The number of nitrogen functional groups attached to an aromatic ring is 1. The molecule has 0 atom stereocenters. The number of aromatic nitrogens is 2. The summed E-state index contributed by atoms with van der Waals surface area (Å²) in [4.78, 5) is 8.66. The van der Waals surface area contributed by atoms with Gasteiger partial charge in [-0.2, -0.15) is 0 Å². The van der Waals surface area contributed by atoms with Crippen molar-refractivity contribution in [1.29, 1.82) is 0 Å². The van der Waals surface area contributed by atoms with Crippen molar-refractivity contribution in [2.45, 2.75) is 19.8 Å². The predicted molar refractivity (Wildman–Crippen MR) is 83.0 cm³/mol. The van der Waals surface area contributed by atoms with Crippen LogP contribution in [-0.2, 0) is 0 Å². The van der Waals surface area contributed by atoms with Crippen molar-refractivity contribution in [2.75, 3.05) is 11.1 Å². The summed E-state index contributed by atoms with van der Waals surface area (Å²) in [5.41, 5.74) is 6.77. The van der Waals surface area contributed by atoms with Crippen LogP contribution in [-0.4, -0.2) is 9.97 Å². The third kappa shape index (κ3) is 3.32. The molecule has 2 aromatic rings. The zero-order chi connectivity index (χ0) is 13.1. The second-order valence-electron chi connectivity index (χ2n) is 4.32. The molecule has 0 radical (unpaired) electrons. The zero-order valence-electron chi connectivity index (χ0n) is 10.3. The van der Waals surface area contributed by atoms with Crippen LogP contribution in [0.5, 0.6) is 0 Å². The topological polar surface area (TPSA) is 63.8 Å². The predicted octanol–water partition coefficient (Wildman–Crippen LogP) is 3.53. The number of rotatable bonds is 3. The molecule has 0 unspecified atom stereocenters. The van der Waals surface area contributed by atoms with E-state index in [4.69, 9.17) is 5.73 Å². The monoisotopic (exact) mass is 354 g/mol. The molecule has 4 nitrogen and oxygen atoms in total. The average Bonchev–Trinajstić information content (AvgIpc) is 2.31. The van der Waals surface area contributed by atoms with Gasteiger partial charge in [0.05, 0.1) is 0 Å². The Kier molecular flexibility index (Phi) is 4.00. The van der Waals surface area contributed by atoms with Crippen LogP contribution >= 0.6 is 22.6 Å². The number of hydrogen-bond acceptors (Lipinski definition) is 4. The van der Waals surface area contributed by atoms with Crippen molar-refractivity contribution in [3.8, 4) is 0 Å². The van der Waals surface area contributed by atoms with Gasteiger partial charge in [-0.15, -0.1) is 0 Å². The summed E-state index contributed by atoms with van der Waals surface area (Å²) in [6.45, 7) is 4.09. The van der Waals surface area contributed by atoms with E-state index in [1.807, 2.05) is 38.1 Å². The molecular formula is C13H15IN4. The number of benzene rings is 1. The maximum absolute atomic E-state index is 5.78. The maximum Gasteiger partial charge on any atom is 0.136 e. The second-order valence-corrected chi connectivity index (χ2v) is 5.57. The molecule has 1 aromatic carbocycles. The number of nitrogens with zero attached hydrogens (tertiary/aromatic N) is 2. The molecule has 0 amide bonds. The molecule has 0 saturated carbocycles. The lowest BCUT2D eigenvalue weighted by molar-refractivity contribution is 0.779. The molecule has 5 heteroatoms. The molecule has 0 fully saturated rings. The number of anilines is 3. The Morgan fingerprint density at radius 3 is 2.44 bits per heavy atom. The Labute approximate surface area is 120 Å². The van der Waals surface area contributed by atoms with Crippen molar-refractivity contribution in [3.05, 3.63) is 39.7 Å². The van der Waals surface area contributed by atoms with Crippen LogP contribution < -0.4 is 11.1 Å². The summed E-state index contributed by atoms with van der Waals surface area (Å²) in [7, 11) is 0. The van der Waals surface area contributed by atoms with E-state index in [-0.39, 0.29) is 5.92 Å². The van der Waals surface area contributed by atoms with Gasteiger partial charge in [-0.05, 0) is 46.9 Å². The molecule has 0 spiro atoms. The van der Waals surface area contributed by atoms with Gasteiger partial charge in [0.25, 0.3) is 0 Å². The van der Waals surface area contributed by atoms with E-state index in [2.05, 4.69) is 37.9 Å². The van der Waals surface area contributed by atoms with Crippen molar-refractivity contribution in [2.24, 2.45) is 0 Å². The van der Waals surface area contributed by atoms with E-state index < -0.39 is 0 Å². The van der Waals surface area contributed by atoms with E-state index in [1.54, 1.807) is 6.07 Å². The van der Waals surface area contributed by atoms with Crippen LogP contribution in [0.15, 0.2) is 30.3 Å². The maximum atomic E-state index is 5.78. The third-order valence-electron chi connectivity index (χ3n) is 2.40. The van der Waals surface area contributed by atoms with E-state index in [9.17, 15) is 0 Å². The second kappa shape index (κ2) is 5.51. The van der Waals surface area contributed by atoms with Crippen LogP contribution in [0.2, 0.25) is 0 Å². The standard InChI is InChI=1S/C13H15IN4/c1-8(2)13-17-11(15)7-12(18-13)16-10-5-3-9(14)4-6-10/h3-8H,1-2H3,(H3,15,16,17,18). The molecule has 0 bridgehead atoms. The Balaban J connectivity index is 2.26. The SMILES string of the molecule is CC(C)c1nc(N)cc(Nc2ccc(I)cc2)n1. The molecule has 0 aliphatic heterocycles. The normalized spacial score (nSPS) is 10.7. The fourth-order valence-electron chi connectivity index (χ4n) is 1.49. The zero-order valence-corrected chi connectivity index (χ0v) is 12.5. The summed E-state index contributed by atoms with van der Waals surface area (Å²) in [5, 5.41) is 3.23. The van der Waals surface area contributed by atoms with Gasteiger partial charge in [0.15, 0.2) is 0 Å². The number of nitrogens with one attached hydrogen (secondary N) is 1. The molecule has 0 aliphatic rings. The van der Waals surface area contributed by atoms with Gasteiger partial charge in [-0.25, -0.2) is 9.97 Å². The average molecular weight is 354 g/mol. The summed E-state index contributed by atoms with van der Waals surface area (Å²) < 4.78 is 1.20. The molecule has 18 heavy (non-hydrogen) atoms. The lowest BCUT2D eigenvalue weighted by Crippen LogP contribution is -2.04. The molecule has 0 aliphatic carbocycles. The Bertz CT molecular complexity index is 537. The highest BCUT2D eigenvalue weighted by Gasteiger charge is 2.06. The van der Waals surface area contributed by atoms with Crippen LogP contribution in [0, 0.1) is 3.57 Å². The number of hydrogen-bond donors (Lipinski definition) is 2. The van der Waals surface area contributed by atoms with E-state index in [0.29, 0.717) is 5.82 Å². The molecule has 3 N–H and O–H groups in total. The first kappa shape index (κ1) is 13.1. The van der Waals surface area contributed by atoms with Crippen molar-refractivity contribution >= 4 is 39.9 Å². The van der Waals surface area contributed by atoms with Crippen LogP contribution in [0.25, 0.3) is 0 Å². The van der Waals surface area contributed by atoms with Gasteiger partial charge < -0.3 is 11.1 Å². The van der Waals surface area contributed by atoms with Gasteiger partial charge in [-0.1, -0.05) is 13.8 Å². The van der Waals surface area contributed by atoms with Gasteiger partial charge in [0.2, 0.25) is 0 Å². The smallest absolute Gasteiger partial charge is 0.136 e. The van der Waals surface area contributed by atoms with Gasteiger partial charge >= 0.3 is 0 Å². The summed E-state index contributed by atoms with van der Waals surface area (Å²) in [5.74, 6) is 2.22. The molecule has 2 rings (SSSR count). The molecule has 0 saturated heterocycles. The summed E-state index contributed by atoms with van der Waals surface area (Å²) in [6, 6.07) is 9.84. The minimum Gasteiger partial charge on any atom is -0.384 e. The summed E-state index contributed by atoms with van der Waals surface area (Å²) in [6.07, 6.45) is 0. The first-order valence-electron chi connectivity index (χ1n) is 5.71. The van der Waals surface area contributed by atoms with Crippen LogP contribution in [0.3, 0.4) is 0 Å². The number of nitrogens with two attached hydrogens (primary N) is 1. The van der Waals surface area contributed by atoms with Crippen LogP contribution in [0.4, 0.5) is 17.3 Å². The highest BCUT2D eigenvalue weighted by molar-refractivity contribution is 14.1. The van der Waals surface area contributed by atoms with E-state index in [1.165, 1.54) is 3.57 Å². The lowest BCUT2D eigenvalue weighted by atomic mass is 10.2. The fourth-order valence-corrected chi connectivity index (χ4v) is 1.85. The van der Waals surface area contributed by atoms with Crippen LogP contribution in [0.1, 0.15) is 25.6 Å². The fraction of sp³-hybridized carbons (Fsp3) is 0.231. The Hall–Kier alpha value is -1.37. The van der Waals surface area contributed by atoms with Crippen molar-refractivity contribution < 1.29 is 0 Å². The lowest BCUT2D eigenvalue weighted by Gasteiger charge is -2.10. The first-order chi connectivity index (χ1) is 8.54. The highest BCUT2D eigenvalue weighted by atomic mass is 127. The van der Waals surface area contributed by atoms with E-state index >= 15 is 0 Å². The van der Waals surface area contributed by atoms with Gasteiger partial charge in [-0.3, -0.25) is 0 Å². The molecular weight excluding hydrogens is 339 g/mol. The minimum absolute atomic E-state index is 0.255. The summed E-state index contributed by atoms with van der Waals surface area (Å²) >= 11 is 2.27. The molecule has 1 aromatic heterocycles. The Morgan fingerprint density at radius 2 is 1.83 bits per heavy atom. The number of halogens is 1. The Morgan fingerprint density at radius 1 is 1.17 bits per heavy atom. The van der Waals surface area contributed by atoms with E-state index in [0.717, 1.165) is 17.3 Å². The third-order valence-corrected chi connectivity index (χ3v) is 3.12. The highest BCUT2D eigenvalue weighted by Crippen LogP contribution is 2.19.